The van der Waals surface area contributed by atoms with Crippen LogP contribution in [0.3, 0.4) is 0 Å². The van der Waals surface area contributed by atoms with Crippen LogP contribution >= 0.6 is 0 Å². The molecule has 0 radical (unpaired) electrons. The lowest BCUT2D eigenvalue weighted by molar-refractivity contribution is 0.143. The number of aliphatic hydroxyl groups excluding tert-OH is 1. The first-order valence-corrected chi connectivity index (χ1v) is 5.14. The third-order valence-electron chi connectivity index (χ3n) is 1.80. The SMILES string of the molecule is CC(C)(O)C#C[C@@H](O)/C=C/c1ccccc1. The van der Waals surface area contributed by atoms with Crippen molar-refractivity contribution < 1.29 is 10.2 Å². The van der Waals surface area contributed by atoms with Crippen molar-refractivity contribution in [2.45, 2.75) is 25.6 Å². The zero-order valence-electron chi connectivity index (χ0n) is 9.51. The highest BCUT2D eigenvalue weighted by molar-refractivity contribution is 5.50. The Hall–Kier alpha value is -1.56. The molecule has 0 saturated heterocycles. The van der Waals surface area contributed by atoms with Gasteiger partial charge in [-0.1, -0.05) is 48.2 Å². The molecule has 0 unspecified atom stereocenters. The van der Waals surface area contributed by atoms with Gasteiger partial charge in [-0.25, -0.2) is 0 Å². The molecule has 1 atom stereocenters. The van der Waals surface area contributed by atoms with E-state index in [-0.39, 0.29) is 0 Å². The summed E-state index contributed by atoms with van der Waals surface area (Å²) in [4.78, 5) is 0. The molecule has 2 heteroatoms. The van der Waals surface area contributed by atoms with Crippen molar-refractivity contribution in [3.05, 3.63) is 42.0 Å². The Bertz CT molecular complexity index is 402. The summed E-state index contributed by atoms with van der Waals surface area (Å²) in [6, 6.07) is 9.66. The van der Waals surface area contributed by atoms with Crippen LogP contribution in [0.5, 0.6) is 0 Å². The molecule has 2 nitrogen and oxygen atoms in total. The van der Waals surface area contributed by atoms with Gasteiger partial charge in [-0.05, 0) is 25.5 Å². The van der Waals surface area contributed by atoms with E-state index >= 15 is 0 Å². The standard InChI is InChI=1S/C14H16O2/c1-14(2,16)11-10-13(15)9-8-12-6-4-3-5-7-12/h3-9,13,15-16H,1-2H3/b9-8+/t13-/m0/s1. The summed E-state index contributed by atoms with van der Waals surface area (Å²) in [6.07, 6.45) is 2.53. The molecule has 0 fully saturated rings. The first-order chi connectivity index (χ1) is 7.47. The number of benzene rings is 1. The minimum Gasteiger partial charge on any atom is -0.378 e. The molecule has 1 aromatic carbocycles. The largest absolute Gasteiger partial charge is 0.378 e. The van der Waals surface area contributed by atoms with Gasteiger partial charge in [0.05, 0.1) is 0 Å². The van der Waals surface area contributed by atoms with E-state index in [0.717, 1.165) is 5.56 Å². The van der Waals surface area contributed by atoms with Crippen LogP contribution in [0.1, 0.15) is 19.4 Å². The van der Waals surface area contributed by atoms with Crippen molar-refractivity contribution in [1.82, 2.24) is 0 Å². The molecule has 2 N–H and O–H groups in total. The molecular weight excluding hydrogens is 200 g/mol. The highest BCUT2D eigenvalue weighted by atomic mass is 16.3. The molecule has 16 heavy (non-hydrogen) atoms. The predicted octanol–water partition coefficient (Wildman–Crippen LogP) is 1.83. The van der Waals surface area contributed by atoms with Crippen molar-refractivity contribution in [2.24, 2.45) is 0 Å². The molecule has 1 aromatic rings. The summed E-state index contributed by atoms with van der Waals surface area (Å²) in [5.74, 6) is 5.12. The summed E-state index contributed by atoms with van der Waals surface area (Å²) in [5.41, 5.74) is -0.0618. The van der Waals surface area contributed by atoms with Gasteiger partial charge in [0, 0.05) is 0 Å². The molecule has 0 aliphatic heterocycles. The maximum Gasteiger partial charge on any atom is 0.133 e. The zero-order chi connectivity index (χ0) is 12.0. The van der Waals surface area contributed by atoms with Crippen molar-refractivity contribution in [3.8, 4) is 11.8 Å². The van der Waals surface area contributed by atoms with Crippen LogP contribution in [0, 0.1) is 11.8 Å². The second-order valence-corrected chi connectivity index (χ2v) is 4.04. The molecule has 0 heterocycles. The average Bonchev–Trinajstić information content (AvgIpc) is 2.24. The minimum absolute atomic E-state index is 0.855. The molecule has 0 saturated carbocycles. The van der Waals surface area contributed by atoms with E-state index in [0.29, 0.717) is 0 Å². The van der Waals surface area contributed by atoms with Crippen molar-refractivity contribution in [3.63, 3.8) is 0 Å². The summed E-state index contributed by atoms with van der Waals surface area (Å²) in [5, 5.41) is 18.8. The number of hydrogen-bond acceptors (Lipinski definition) is 2. The normalized spacial score (nSPS) is 13.2. The van der Waals surface area contributed by atoms with E-state index in [1.165, 1.54) is 0 Å². The van der Waals surface area contributed by atoms with Crippen LogP contribution in [0.15, 0.2) is 36.4 Å². The Kier molecular flexibility index (Phi) is 4.30. The second-order valence-electron chi connectivity index (χ2n) is 4.04. The van der Waals surface area contributed by atoms with Gasteiger partial charge >= 0.3 is 0 Å². The van der Waals surface area contributed by atoms with Crippen LogP contribution in [0.4, 0.5) is 0 Å². The lowest BCUT2D eigenvalue weighted by Crippen LogP contribution is -2.15. The fourth-order valence-corrected chi connectivity index (χ4v) is 1.07. The first kappa shape index (κ1) is 12.5. The monoisotopic (exact) mass is 216 g/mol. The van der Waals surface area contributed by atoms with Gasteiger partial charge in [0.15, 0.2) is 0 Å². The van der Waals surface area contributed by atoms with E-state index in [2.05, 4.69) is 11.8 Å². The average molecular weight is 216 g/mol. The van der Waals surface area contributed by atoms with Gasteiger partial charge in [-0.3, -0.25) is 0 Å². The van der Waals surface area contributed by atoms with Crippen molar-refractivity contribution >= 4 is 6.08 Å². The molecule has 0 amide bonds. The van der Waals surface area contributed by atoms with Crippen LogP contribution in [0.2, 0.25) is 0 Å². The maximum atomic E-state index is 9.50. The Morgan fingerprint density at radius 2 is 1.88 bits per heavy atom. The fraction of sp³-hybridized carbons (Fsp3) is 0.286. The van der Waals surface area contributed by atoms with Crippen LogP contribution in [-0.2, 0) is 0 Å². The quantitative estimate of drug-likeness (QED) is 0.740. The Labute approximate surface area is 96.2 Å². The van der Waals surface area contributed by atoms with Gasteiger partial charge in [-0.15, -0.1) is 0 Å². The molecule has 0 bridgehead atoms. The smallest absolute Gasteiger partial charge is 0.133 e. The summed E-state index contributed by atoms with van der Waals surface area (Å²) < 4.78 is 0. The lowest BCUT2D eigenvalue weighted by Gasteiger charge is -2.06. The first-order valence-electron chi connectivity index (χ1n) is 5.14. The van der Waals surface area contributed by atoms with Gasteiger partial charge < -0.3 is 10.2 Å². The third kappa shape index (κ3) is 5.35. The van der Waals surface area contributed by atoms with Crippen LogP contribution < -0.4 is 0 Å². The molecule has 0 aromatic heterocycles. The minimum atomic E-state index is -1.07. The number of rotatable bonds is 2. The Balaban J connectivity index is 2.61. The number of hydrogen-bond donors (Lipinski definition) is 2. The molecule has 0 aliphatic carbocycles. The van der Waals surface area contributed by atoms with E-state index < -0.39 is 11.7 Å². The van der Waals surface area contributed by atoms with E-state index in [4.69, 9.17) is 0 Å². The van der Waals surface area contributed by atoms with Crippen LogP contribution in [-0.4, -0.2) is 21.9 Å². The van der Waals surface area contributed by atoms with Gasteiger partial charge in [0.1, 0.15) is 11.7 Å². The summed E-state index contributed by atoms with van der Waals surface area (Å²) in [6.45, 7) is 3.15. The van der Waals surface area contributed by atoms with Gasteiger partial charge in [-0.2, -0.15) is 0 Å². The second kappa shape index (κ2) is 5.50. The highest BCUT2D eigenvalue weighted by Gasteiger charge is 2.06. The predicted molar refractivity (Wildman–Crippen MR) is 65.6 cm³/mol. The molecule has 84 valence electrons. The van der Waals surface area contributed by atoms with Gasteiger partial charge in [0.25, 0.3) is 0 Å². The molecule has 0 aliphatic rings. The van der Waals surface area contributed by atoms with Crippen LogP contribution in [0.25, 0.3) is 6.08 Å². The summed E-state index contributed by atoms with van der Waals surface area (Å²) in [7, 11) is 0. The topological polar surface area (TPSA) is 40.5 Å². The highest BCUT2D eigenvalue weighted by Crippen LogP contribution is 2.02. The fourth-order valence-electron chi connectivity index (χ4n) is 1.07. The van der Waals surface area contributed by atoms with Crippen molar-refractivity contribution in [2.75, 3.05) is 0 Å². The Morgan fingerprint density at radius 3 is 2.44 bits per heavy atom. The lowest BCUT2D eigenvalue weighted by atomic mass is 10.1. The van der Waals surface area contributed by atoms with E-state index in [1.807, 2.05) is 30.3 Å². The number of aliphatic hydroxyl groups is 2. The van der Waals surface area contributed by atoms with E-state index in [9.17, 15) is 10.2 Å². The molecule has 0 spiro atoms. The zero-order valence-corrected chi connectivity index (χ0v) is 9.51. The maximum absolute atomic E-state index is 9.50. The van der Waals surface area contributed by atoms with Gasteiger partial charge in [0.2, 0.25) is 0 Å². The third-order valence-corrected chi connectivity index (χ3v) is 1.80. The molecular formula is C14H16O2. The Morgan fingerprint density at radius 1 is 1.25 bits per heavy atom. The van der Waals surface area contributed by atoms with Crippen molar-refractivity contribution in [1.29, 1.82) is 0 Å². The summed E-state index contributed by atoms with van der Waals surface area (Å²) >= 11 is 0. The molecule has 1 rings (SSSR count). The van der Waals surface area contributed by atoms with E-state index in [1.54, 1.807) is 26.0 Å².